The number of halogens is 2. The molecule has 0 atom stereocenters. The summed E-state index contributed by atoms with van der Waals surface area (Å²) in [5, 5.41) is 6.16. The zero-order chi connectivity index (χ0) is 21.7. The van der Waals surface area contributed by atoms with Gasteiger partial charge in [-0.15, -0.1) is 0 Å². The van der Waals surface area contributed by atoms with Crippen molar-refractivity contribution in [2.24, 2.45) is 0 Å². The predicted molar refractivity (Wildman–Crippen MR) is 118 cm³/mol. The first-order valence-corrected chi connectivity index (χ1v) is 9.57. The fourth-order valence-corrected chi connectivity index (χ4v) is 3.11. The molecule has 0 aliphatic carbocycles. The summed E-state index contributed by atoms with van der Waals surface area (Å²) in [7, 11) is 2.91. The molecular weight excluding hydrogens is 427 g/mol. The van der Waals surface area contributed by atoms with E-state index in [1.54, 1.807) is 48.5 Å². The standard InChI is InChI=1S/C22H18Cl2N2O4/c1-29-19-12-18(26-22(28)15-10-14(23)8-9-16(15)24)20(30-2)11-17(19)25-21(27)13-6-4-3-5-7-13/h3-12H,1-2H3,(H,25,27)(H,26,28). The van der Waals surface area contributed by atoms with Crippen molar-refractivity contribution in [1.29, 1.82) is 0 Å². The highest BCUT2D eigenvalue weighted by atomic mass is 35.5. The van der Waals surface area contributed by atoms with Crippen molar-refractivity contribution in [3.8, 4) is 11.5 Å². The number of hydrogen-bond acceptors (Lipinski definition) is 4. The van der Waals surface area contributed by atoms with Crippen LogP contribution in [0.2, 0.25) is 10.0 Å². The van der Waals surface area contributed by atoms with Gasteiger partial charge in [-0.25, -0.2) is 0 Å². The minimum atomic E-state index is -0.469. The molecule has 0 unspecified atom stereocenters. The first-order chi connectivity index (χ1) is 14.4. The average molecular weight is 445 g/mol. The smallest absolute Gasteiger partial charge is 0.257 e. The fourth-order valence-electron chi connectivity index (χ4n) is 2.74. The van der Waals surface area contributed by atoms with Crippen LogP contribution in [-0.2, 0) is 0 Å². The third-order valence-electron chi connectivity index (χ3n) is 4.23. The molecule has 0 heterocycles. The van der Waals surface area contributed by atoms with Crippen LogP contribution in [0.15, 0.2) is 60.7 Å². The van der Waals surface area contributed by atoms with Gasteiger partial charge in [0.15, 0.2) is 0 Å². The summed E-state index contributed by atoms with van der Waals surface area (Å²) in [5.74, 6) is -0.111. The van der Waals surface area contributed by atoms with Crippen LogP contribution in [0.1, 0.15) is 20.7 Å². The molecule has 6 nitrogen and oxygen atoms in total. The molecule has 0 saturated heterocycles. The van der Waals surface area contributed by atoms with Crippen LogP contribution in [0.4, 0.5) is 11.4 Å². The van der Waals surface area contributed by atoms with E-state index in [1.807, 2.05) is 6.07 Å². The monoisotopic (exact) mass is 444 g/mol. The number of hydrogen-bond donors (Lipinski definition) is 2. The normalized spacial score (nSPS) is 10.3. The van der Waals surface area contributed by atoms with E-state index in [4.69, 9.17) is 32.7 Å². The van der Waals surface area contributed by atoms with Crippen LogP contribution < -0.4 is 20.1 Å². The molecule has 30 heavy (non-hydrogen) atoms. The maximum Gasteiger partial charge on any atom is 0.257 e. The fraction of sp³-hybridized carbons (Fsp3) is 0.0909. The Kier molecular flexibility index (Phi) is 6.82. The number of methoxy groups -OCH3 is 2. The van der Waals surface area contributed by atoms with Crippen LogP contribution in [0.25, 0.3) is 0 Å². The van der Waals surface area contributed by atoms with Gasteiger partial charge < -0.3 is 20.1 Å². The second-order valence-corrected chi connectivity index (χ2v) is 6.99. The van der Waals surface area contributed by atoms with Gasteiger partial charge in [0.05, 0.1) is 36.2 Å². The largest absolute Gasteiger partial charge is 0.494 e. The summed E-state index contributed by atoms with van der Waals surface area (Å²) in [5.41, 5.74) is 1.44. The van der Waals surface area contributed by atoms with Crippen molar-refractivity contribution >= 4 is 46.4 Å². The average Bonchev–Trinajstić information content (AvgIpc) is 2.76. The Bertz CT molecular complexity index is 1090. The molecule has 3 rings (SSSR count). The van der Waals surface area contributed by atoms with Crippen molar-refractivity contribution < 1.29 is 19.1 Å². The van der Waals surface area contributed by atoms with Gasteiger partial charge in [-0.05, 0) is 30.3 Å². The van der Waals surface area contributed by atoms with Gasteiger partial charge in [0.2, 0.25) is 0 Å². The number of rotatable bonds is 6. The molecule has 0 aromatic heterocycles. The summed E-state index contributed by atoms with van der Waals surface area (Å²) in [6.45, 7) is 0. The SMILES string of the molecule is COc1cc(NC(=O)c2cc(Cl)ccc2Cl)c(OC)cc1NC(=O)c1ccccc1. The van der Waals surface area contributed by atoms with Crippen LogP contribution in [0, 0.1) is 0 Å². The van der Waals surface area contributed by atoms with Gasteiger partial charge >= 0.3 is 0 Å². The van der Waals surface area contributed by atoms with Crippen LogP contribution in [-0.4, -0.2) is 26.0 Å². The van der Waals surface area contributed by atoms with Gasteiger partial charge in [-0.1, -0.05) is 41.4 Å². The van der Waals surface area contributed by atoms with E-state index >= 15 is 0 Å². The lowest BCUT2D eigenvalue weighted by Gasteiger charge is -2.16. The highest BCUT2D eigenvalue weighted by molar-refractivity contribution is 6.36. The van der Waals surface area contributed by atoms with Crippen molar-refractivity contribution in [1.82, 2.24) is 0 Å². The van der Waals surface area contributed by atoms with E-state index < -0.39 is 5.91 Å². The number of amides is 2. The summed E-state index contributed by atoms with van der Waals surface area (Å²) in [4.78, 5) is 25.2. The molecule has 3 aromatic rings. The molecule has 0 bridgehead atoms. The van der Waals surface area contributed by atoms with Gasteiger partial charge in [0, 0.05) is 22.7 Å². The molecule has 0 aliphatic heterocycles. The van der Waals surface area contributed by atoms with Crippen LogP contribution in [0.3, 0.4) is 0 Å². The Balaban J connectivity index is 1.90. The van der Waals surface area contributed by atoms with Gasteiger partial charge in [0.1, 0.15) is 11.5 Å². The lowest BCUT2D eigenvalue weighted by Crippen LogP contribution is -2.15. The Morgan fingerprint density at radius 1 is 0.767 bits per heavy atom. The second kappa shape index (κ2) is 9.52. The summed E-state index contributed by atoms with van der Waals surface area (Å²) >= 11 is 12.1. The second-order valence-electron chi connectivity index (χ2n) is 6.15. The molecular formula is C22H18Cl2N2O4. The van der Waals surface area contributed by atoms with Crippen LogP contribution >= 0.6 is 23.2 Å². The van der Waals surface area contributed by atoms with E-state index in [0.29, 0.717) is 33.5 Å². The van der Waals surface area contributed by atoms with Crippen molar-refractivity contribution in [3.05, 3.63) is 81.8 Å². The molecule has 2 amide bonds. The topological polar surface area (TPSA) is 76.7 Å². The van der Waals surface area contributed by atoms with E-state index in [1.165, 1.54) is 20.3 Å². The maximum atomic E-state index is 12.7. The molecule has 0 aliphatic rings. The summed E-state index contributed by atoms with van der Waals surface area (Å²) in [6, 6.07) is 16.5. The first kappa shape index (κ1) is 21.5. The number of carbonyl (C=O) groups excluding carboxylic acids is 2. The highest BCUT2D eigenvalue weighted by Crippen LogP contribution is 2.37. The number of ether oxygens (including phenoxy) is 2. The molecule has 3 aromatic carbocycles. The lowest BCUT2D eigenvalue weighted by molar-refractivity contribution is 0.101. The number of anilines is 2. The molecule has 0 spiro atoms. The zero-order valence-electron chi connectivity index (χ0n) is 16.2. The number of nitrogens with one attached hydrogen (secondary N) is 2. The summed E-state index contributed by atoms with van der Waals surface area (Å²) < 4.78 is 10.8. The summed E-state index contributed by atoms with van der Waals surface area (Å²) in [6.07, 6.45) is 0. The van der Waals surface area contributed by atoms with Crippen molar-refractivity contribution in [3.63, 3.8) is 0 Å². The Morgan fingerprint density at radius 2 is 1.33 bits per heavy atom. The molecule has 0 fully saturated rings. The molecule has 0 radical (unpaired) electrons. The molecule has 0 saturated carbocycles. The zero-order valence-corrected chi connectivity index (χ0v) is 17.7. The number of carbonyl (C=O) groups is 2. The molecule has 8 heteroatoms. The Morgan fingerprint density at radius 3 is 1.90 bits per heavy atom. The quantitative estimate of drug-likeness (QED) is 0.524. The van der Waals surface area contributed by atoms with Gasteiger partial charge in [-0.2, -0.15) is 0 Å². The van der Waals surface area contributed by atoms with Gasteiger partial charge in [0.25, 0.3) is 11.8 Å². The van der Waals surface area contributed by atoms with E-state index in [0.717, 1.165) is 0 Å². The van der Waals surface area contributed by atoms with Crippen molar-refractivity contribution in [2.45, 2.75) is 0 Å². The highest BCUT2D eigenvalue weighted by Gasteiger charge is 2.18. The predicted octanol–water partition coefficient (Wildman–Crippen LogP) is 5.52. The number of benzene rings is 3. The van der Waals surface area contributed by atoms with Gasteiger partial charge in [-0.3, -0.25) is 9.59 Å². The molecule has 154 valence electrons. The lowest BCUT2D eigenvalue weighted by atomic mass is 10.1. The minimum Gasteiger partial charge on any atom is -0.494 e. The minimum absolute atomic E-state index is 0.214. The van der Waals surface area contributed by atoms with Crippen LogP contribution in [0.5, 0.6) is 11.5 Å². The first-order valence-electron chi connectivity index (χ1n) is 8.81. The Labute approximate surface area is 183 Å². The molecule has 2 N–H and O–H groups in total. The van der Waals surface area contributed by atoms with E-state index in [2.05, 4.69) is 10.6 Å². The van der Waals surface area contributed by atoms with E-state index in [9.17, 15) is 9.59 Å². The van der Waals surface area contributed by atoms with Crippen molar-refractivity contribution in [2.75, 3.05) is 24.9 Å². The van der Waals surface area contributed by atoms with E-state index in [-0.39, 0.29) is 16.5 Å². The Hall–Kier alpha value is -3.22. The maximum absolute atomic E-state index is 12.7. The third kappa shape index (κ3) is 4.84. The third-order valence-corrected chi connectivity index (χ3v) is 4.79.